The molecule has 100 valence electrons. The molecule has 4 nitrogen and oxygen atoms in total. The monoisotopic (exact) mass is 258 g/mol. The molecule has 2 unspecified atom stereocenters. The lowest BCUT2D eigenvalue weighted by Crippen LogP contribution is -2.46. The molecule has 2 aliphatic rings. The van der Waals surface area contributed by atoms with Crippen molar-refractivity contribution in [2.24, 2.45) is 11.8 Å². The topological polar surface area (TPSA) is 63.4 Å². The van der Waals surface area contributed by atoms with E-state index in [1.54, 1.807) is 6.07 Å². The fourth-order valence-corrected chi connectivity index (χ4v) is 3.20. The molecule has 2 atom stereocenters. The second-order valence-electron chi connectivity index (χ2n) is 5.46. The number of rotatable bonds is 2. The molecular weight excluding hydrogens is 240 g/mol. The van der Waals surface area contributed by atoms with Crippen LogP contribution in [0.15, 0.2) is 18.2 Å². The maximum absolute atomic E-state index is 12.3. The Balaban J connectivity index is 1.99. The van der Waals surface area contributed by atoms with E-state index >= 15 is 0 Å². The van der Waals surface area contributed by atoms with Crippen LogP contribution in [0, 0.1) is 11.8 Å². The van der Waals surface area contributed by atoms with Crippen molar-refractivity contribution in [2.45, 2.75) is 32.6 Å². The zero-order chi connectivity index (χ0) is 13.6. The van der Waals surface area contributed by atoms with Crippen LogP contribution in [0.5, 0.6) is 0 Å². The number of nitrogens with two attached hydrogens (primary N) is 1. The van der Waals surface area contributed by atoms with Crippen molar-refractivity contribution in [2.75, 3.05) is 10.6 Å². The van der Waals surface area contributed by atoms with Crippen LogP contribution >= 0.6 is 0 Å². The Morgan fingerprint density at radius 1 is 1.21 bits per heavy atom. The molecule has 2 N–H and O–H groups in total. The first-order chi connectivity index (χ1) is 9.11. The van der Waals surface area contributed by atoms with Crippen molar-refractivity contribution >= 4 is 23.2 Å². The zero-order valence-electron chi connectivity index (χ0n) is 11.1. The van der Waals surface area contributed by atoms with Gasteiger partial charge in [0.15, 0.2) is 0 Å². The van der Waals surface area contributed by atoms with Gasteiger partial charge in [-0.25, -0.2) is 0 Å². The van der Waals surface area contributed by atoms with Crippen LogP contribution in [0.25, 0.3) is 0 Å². The Hall–Kier alpha value is -1.84. The summed E-state index contributed by atoms with van der Waals surface area (Å²) in [6, 6.07) is 5.48. The van der Waals surface area contributed by atoms with Crippen LogP contribution in [-0.4, -0.2) is 11.8 Å². The van der Waals surface area contributed by atoms with Gasteiger partial charge >= 0.3 is 0 Å². The molecule has 1 heterocycles. The van der Waals surface area contributed by atoms with Gasteiger partial charge in [0.1, 0.15) is 0 Å². The van der Waals surface area contributed by atoms with Gasteiger partial charge in [-0.3, -0.25) is 14.5 Å². The molecule has 1 aromatic rings. The Bertz CT molecular complexity index is 531. The Kier molecular flexibility index (Phi) is 2.81. The fourth-order valence-electron chi connectivity index (χ4n) is 3.20. The fraction of sp³-hybridized carbons (Fsp3) is 0.467. The Morgan fingerprint density at radius 2 is 1.84 bits per heavy atom. The highest BCUT2D eigenvalue weighted by Gasteiger charge is 2.45. The molecule has 0 radical (unpaired) electrons. The number of anilines is 2. The van der Waals surface area contributed by atoms with E-state index < -0.39 is 0 Å². The maximum atomic E-state index is 12.3. The number of fused-ring (bicyclic) bond motifs is 2. The number of piperidine rings is 1. The number of nitrogens with zero attached hydrogens (tertiary/aromatic N) is 1. The molecule has 19 heavy (non-hydrogen) atoms. The first-order valence-corrected chi connectivity index (χ1v) is 6.88. The quantitative estimate of drug-likeness (QED) is 0.653. The highest BCUT2D eigenvalue weighted by Crippen LogP contribution is 2.40. The van der Waals surface area contributed by atoms with E-state index in [1.807, 2.05) is 19.1 Å². The average molecular weight is 258 g/mol. The van der Waals surface area contributed by atoms with Crippen molar-refractivity contribution in [1.29, 1.82) is 0 Å². The molecule has 1 aromatic carbocycles. The molecule has 1 saturated heterocycles. The first kappa shape index (κ1) is 12.2. The molecule has 4 heteroatoms. The molecule has 1 aliphatic carbocycles. The van der Waals surface area contributed by atoms with Crippen LogP contribution < -0.4 is 10.6 Å². The maximum Gasteiger partial charge on any atom is 0.236 e. The molecule has 1 aliphatic heterocycles. The molecule has 2 amide bonds. The van der Waals surface area contributed by atoms with Gasteiger partial charge < -0.3 is 5.73 Å². The lowest BCUT2D eigenvalue weighted by atomic mass is 9.96. The SMILES string of the molecule is CCc1ccc(N2C(=O)C3CCC(C3)C2=O)cc1N. The summed E-state index contributed by atoms with van der Waals surface area (Å²) >= 11 is 0. The third-order valence-electron chi connectivity index (χ3n) is 4.34. The summed E-state index contributed by atoms with van der Waals surface area (Å²) in [5, 5.41) is 0. The van der Waals surface area contributed by atoms with Crippen molar-refractivity contribution in [3.8, 4) is 0 Å². The van der Waals surface area contributed by atoms with E-state index in [0.29, 0.717) is 11.4 Å². The third kappa shape index (κ3) is 1.82. The van der Waals surface area contributed by atoms with Crippen molar-refractivity contribution in [1.82, 2.24) is 0 Å². The Labute approximate surface area is 112 Å². The summed E-state index contributed by atoms with van der Waals surface area (Å²) in [6.45, 7) is 2.03. The lowest BCUT2D eigenvalue weighted by molar-refractivity contribution is -0.132. The van der Waals surface area contributed by atoms with Gasteiger partial charge in [-0.15, -0.1) is 0 Å². The number of imide groups is 1. The standard InChI is InChI=1S/C15H18N2O2/c1-2-9-5-6-12(8-13(9)16)17-14(18)10-3-4-11(7-10)15(17)19/h5-6,8,10-11H,2-4,7,16H2,1H3. The molecule has 0 spiro atoms. The van der Waals surface area contributed by atoms with E-state index in [9.17, 15) is 9.59 Å². The highest BCUT2D eigenvalue weighted by molar-refractivity contribution is 6.18. The van der Waals surface area contributed by atoms with E-state index in [-0.39, 0.29) is 23.7 Å². The summed E-state index contributed by atoms with van der Waals surface area (Å²) in [5.41, 5.74) is 8.29. The second-order valence-corrected chi connectivity index (χ2v) is 5.46. The molecule has 2 fully saturated rings. The van der Waals surface area contributed by atoms with Gasteiger partial charge in [-0.2, -0.15) is 0 Å². The lowest BCUT2D eigenvalue weighted by Gasteiger charge is -2.30. The number of aryl methyl sites for hydroxylation is 1. The molecular formula is C15H18N2O2. The highest BCUT2D eigenvalue weighted by atomic mass is 16.2. The minimum atomic E-state index is -0.0533. The minimum Gasteiger partial charge on any atom is -0.398 e. The normalized spacial score (nSPS) is 26.1. The largest absolute Gasteiger partial charge is 0.398 e. The van der Waals surface area contributed by atoms with Gasteiger partial charge in [0.05, 0.1) is 5.69 Å². The number of nitrogen functional groups attached to an aromatic ring is 1. The van der Waals surface area contributed by atoms with Gasteiger partial charge in [-0.1, -0.05) is 13.0 Å². The van der Waals surface area contributed by atoms with Crippen molar-refractivity contribution < 1.29 is 9.59 Å². The number of hydrogen-bond donors (Lipinski definition) is 1. The van der Waals surface area contributed by atoms with Crippen LogP contribution in [0.1, 0.15) is 31.7 Å². The first-order valence-electron chi connectivity index (χ1n) is 6.88. The zero-order valence-corrected chi connectivity index (χ0v) is 11.1. The third-order valence-corrected chi connectivity index (χ3v) is 4.34. The summed E-state index contributed by atoms with van der Waals surface area (Å²) in [6.07, 6.45) is 3.26. The number of hydrogen-bond acceptors (Lipinski definition) is 3. The molecule has 1 saturated carbocycles. The molecule has 3 rings (SSSR count). The van der Waals surface area contributed by atoms with Gasteiger partial charge in [0.2, 0.25) is 11.8 Å². The van der Waals surface area contributed by atoms with Gasteiger partial charge in [-0.05, 0) is 43.4 Å². The predicted molar refractivity (Wildman–Crippen MR) is 73.6 cm³/mol. The van der Waals surface area contributed by atoms with Crippen molar-refractivity contribution in [3.05, 3.63) is 23.8 Å². The molecule has 0 aromatic heterocycles. The van der Waals surface area contributed by atoms with Crippen LogP contribution in [0.4, 0.5) is 11.4 Å². The van der Waals surface area contributed by atoms with Crippen LogP contribution in [0.2, 0.25) is 0 Å². The number of amides is 2. The summed E-state index contributed by atoms with van der Waals surface area (Å²) in [5.74, 6) is -0.0608. The van der Waals surface area contributed by atoms with E-state index in [2.05, 4.69) is 0 Å². The molecule has 2 bridgehead atoms. The van der Waals surface area contributed by atoms with Crippen LogP contribution in [0.3, 0.4) is 0 Å². The van der Waals surface area contributed by atoms with E-state index in [0.717, 1.165) is 31.2 Å². The average Bonchev–Trinajstić information content (AvgIpc) is 2.84. The number of carbonyl (C=O) groups excluding carboxylic acids is 2. The van der Waals surface area contributed by atoms with Gasteiger partial charge in [0.25, 0.3) is 0 Å². The number of carbonyl (C=O) groups is 2. The second kappa shape index (κ2) is 4.37. The summed E-state index contributed by atoms with van der Waals surface area (Å²) in [7, 11) is 0. The Morgan fingerprint density at radius 3 is 2.37 bits per heavy atom. The van der Waals surface area contributed by atoms with E-state index in [4.69, 9.17) is 5.73 Å². The summed E-state index contributed by atoms with van der Waals surface area (Å²) < 4.78 is 0. The summed E-state index contributed by atoms with van der Waals surface area (Å²) in [4.78, 5) is 26.0. The minimum absolute atomic E-state index is 0.0229. The van der Waals surface area contributed by atoms with E-state index in [1.165, 1.54) is 4.90 Å². The number of benzene rings is 1. The van der Waals surface area contributed by atoms with Crippen molar-refractivity contribution in [3.63, 3.8) is 0 Å². The van der Waals surface area contributed by atoms with Crippen LogP contribution in [-0.2, 0) is 16.0 Å². The predicted octanol–water partition coefficient (Wildman–Crippen LogP) is 2.12. The van der Waals surface area contributed by atoms with Gasteiger partial charge in [0, 0.05) is 17.5 Å². The smallest absolute Gasteiger partial charge is 0.236 e.